The van der Waals surface area contributed by atoms with Gasteiger partial charge in [0, 0.05) is 42.6 Å². The average molecular weight is 487 g/mol. The first-order valence-electron chi connectivity index (χ1n) is 13.4. The van der Waals surface area contributed by atoms with Gasteiger partial charge in [0.2, 0.25) is 5.91 Å². The highest BCUT2D eigenvalue weighted by atomic mass is 19.1. The first-order valence-corrected chi connectivity index (χ1v) is 13.4. The summed E-state index contributed by atoms with van der Waals surface area (Å²) in [5.41, 5.74) is 3.75. The zero-order valence-electron chi connectivity index (χ0n) is 21.3. The van der Waals surface area contributed by atoms with E-state index in [9.17, 15) is 4.79 Å². The molecule has 6 heteroatoms. The Labute approximate surface area is 212 Å². The molecule has 0 radical (unpaired) electrons. The molecule has 2 fully saturated rings. The van der Waals surface area contributed by atoms with Gasteiger partial charge in [-0.2, -0.15) is 5.10 Å². The van der Waals surface area contributed by atoms with Gasteiger partial charge < -0.3 is 4.90 Å². The Kier molecular flexibility index (Phi) is 5.95. The van der Waals surface area contributed by atoms with E-state index in [1.54, 1.807) is 16.9 Å². The number of likely N-dealkylation sites (tertiary alicyclic amines) is 1. The van der Waals surface area contributed by atoms with Crippen molar-refractivity contribution in [2.75, 3.05) is 18.0 Å². The number of nitrogens with zero attached hydrogens (tertiary/aromatic N) is 4. The van der Waals surface area contributed by atoms with Crippen LogP contribution in [0.5, 0.6) is 0 Å². The highest BCUT2D eigenvalue weighted by molar-refractivity contribution is 6.08. The van der Waals surface area contributed by atoms with Crippen molar-refractivity contribution in [3.63, 3.8) is 0 Å². The summed E-state index contributed by atoms with van der Waals surface area (Å²) in [6.07, 6.45) is 10.8. The van der Waals surface area contributed by atoms with Gasteiger partial charge in [-0.05, 0) is 55.0 Å². The predicted molar refractivity (Wildman–Crippen MR) is 140 cm³/mol. The van der Waals surface area contributed by atoms with E-state index in [-0.39, 0.29) is 18.3 Å². The van der Waals surface area contributed by atoms with Crippen molar-refractivity contribution < 1.29 is 9.18 Å². The maximum absolute atomic E-state index is 15.3. The van der Waals surface area contributed by atoms with Crippen molar-refractivity contribution >= 4 is 11.6 Å². The quantitative estimate of drug-likeness (QED) is 0.466. The second-order valence-corrected chi connectivity index (χ2v) is 11.0. The molecule has 6 rings (SSSR count). The first-order chi connectivity index (χ1) is 17.5. The SMILES string of the molecule is CCC1CCCC(N2CCC3(C2)C(=O)N(Cc2ccc(-c4cnn(C)c4)cc2F)c2ccccc23)C1. The highest BCUT2D eigenvalue weighted by Gasteiger charge is 2.55. The molecule has 1 aliphatic carbocycles. The summed E-state index contributed by atoms with van der Waals surface area (Å²) in [6.45, 7) is 4.29. The van der Waals surface area contributed by atoms with E-state index < -0.39 is 5.41 Å². The molecule has 2 aliphatic heterocycles. The number of fused-ring (bicyclic) bond motifs is 2. The molecule has 3 atom stereocenters. The molecule has 0 N–H and O–H groups in total. The van der Waals surface area contributed by atoms with E-state index in [1.165, 1.54) is 32.1 Å². The molecule has 1 spiro atoms. The van der Waals surface area contributed by atoms with Crippen molar-refractivity contribution in [3.05, 3.63) is 71.8 Å². The number of hydrogen-bond acceptors (Lipinski definition) is 3. The van der Waals surface area contributed by atoms with Gasteiger partial charge in [0.05, 0.1) is 18.2 Å². The minimum Gasteiger partial charge on any atom is -0.307 e. The van der Waals surface area contributed by atoms with Crippen molar-refractivity contribution in [2.45, 2.75) is 63.5 Å². The maximum atomic E-state index is 15.3. The standard InChI is InChI=1S/C30H35FN4O/c1-3-21-7-6-8-25(15-21)34-14-13-30(20-34)26-9-4-5-10-28(26)35(29(30)36)19-23-12-11-22(16-27(23)31)24-17-32-33(2)18-24/h4-5,9-12,16-18,21,25H,3,6-8,13-15,19-20H2,1-2H3. The summed E-state index contributed by atoms with van der Waals surface area (Å²) in [5, 5.41) is 4.19. The summed E-state index contributed by atoms with van der Waals surface area (Å²) in [7, 11) is 1.85. The summed E-state index contributed by atoms with van der Waals surface area (Å²) in [5.74, 6) is 0.647. The topological polar surface area (TPSA) is 41.4 Å². The van der Waals surface area contributed by atoms with Gasteiger partial charge in [0.1, 0.15) is 5.82 Å². The van der Waals surface area contributed by atoms with E-state index in [0.29, 0.717) is 11.6 Å². The number of carbonyl (C=O) groups excluding carboxylic acids is 1. The third kappa shape index (κ3) is 3.86. The molecule has 188 valence electrons. The number of halogens is 1. The van der Waals surface area contributed by atoms with Crippen LogP contribution in [0.1, 0.15) is 56.6 Å². The molecule has 1 amide bonds. The van der Waals surface area contributed by atoms with Gasteiger partial charge in [0.15, 0.2) is 0 Å². The normalized spacial score (nSPS) is 26.2. The summed E-state index contributed by atoms with van der Waals surface area (Å²) in [4.78, 5) is 18.5. The number of rotatable bonds is 5. The van der Waals surface area contributed by atoms with Gasteiger partial charge in [-0.3, -0.25) is 14.4 Å². The van der Waals surface area contributed by atoms with Gasteiger partial charge in [-0.15, -0.1) is 0 Å². The second kappa shape index (κ2) is 9.15. The number of anilines is 1. The van der Waals surface area contributed by atoms with Crippen molar-refractivity contribution in [3.8, 4) is 11.1 Å². The molecule has 3 aliphatic rings. The Morgan fingerprint density at radius 3 is 2.78 bits per heavy atom. The van der Waals surface area contributed by atoms with Gasteiger partial charge in [-0.25, -0.2) is 4.39 Å². The van der Waals surface area contributed by atoms with E-state index in [2.05, 4.69) is 23.0 Å². The molecule has 0 bridgehead atoms. The average Bonchev–Trinajstić information content (AvgIpc) is 3.60. The Morgan fingerprint density at radius 2 is 2.00 bits per heavy atom. The Morgan fingerprint density at radius 1 is 1.14 bits per heavy atom. The smallest absolute Gasteiger partial charge is 0.239 e. The Bertz CT molecular complexity index is 1290. The first kappa shape index (κ1) is 23.4. The molecule has 1 saturated carbocycles. The minimum absolute atomic E-state index is 0.129. The van der Waals surface area contributed by atoms with Crippen LogP contribution >= 0.6 is 0 Å². The second-order valence-electron chi connectivity index (χ2n) is 11.0. The monoisotopic (exact) mass is 486 g/mol. The molecule has 2 aromatic carbocycles. The lowest BCUT2D eigenvalue weighted by Gasteiger charge is -2.36. The van der Waals surface area contributed by atoms with Crippen LogP contribution in [0, 0.1) is 11.7 Å². The van der Waals surface area contributed by atoms with Crippen LogP contribution in [-0.2, 0) is 23.8 Å². The predicted octanol–water partition coefficient (Wildman–Crippen LogP) is 5.69. The number of para-hydroxylation sites is 1. The van der Waals surface area contributed by atoms with E-state index in [0.717, 1.165) is 47.8 Å². The molecular weight excluding hydrogens is 451 g/mol. The van der Waals surface area contributed by atoms with Crippen LogP contribution in [-0.4, -0.2) is 39.7 Å². The third-order valence-corrected chi connectivity index (χ3v) is 8.93. The van der Waals surface area contributed by atoms with E-state index >= 15 is 4.39 Å². The van der Waals surface area contributed by atoms with Gasteiger partial charge >= 0.3 is 0 Å². The van der Waals surface area contributed by atoms with Crippen LogP contribution in [0.4, 0.5) is 10.1 Å². The van der Waals surface area contributed by atoms with Crippen LogP contribution in [0.3, 0.4) is 0 Å². The van der Waals surface area contributed by atoms with Crippen molar-refractivity contribution in [2.24, 2.45) is 13.0 Å². The molecule has 3 heterocycles. The maximum Gasteiger partial charge on any atom is 0.239 e. The highest BCUT2D eigenvalue weighted by Crippen LogP contribution is 2.49. The number of aryl methyl sites for hydroxylation is 1. The van der Waals surface area contributed by atoms with Crippen LogP contribution in [0.25, 0.3) is 11.1 Å². The molecule has 1 saturated heterocycles. The van der Waals surface area contributed by atoms with E-state index in [1.807, 2.05) is 48.5 Å². The van der Waals surface area contributed by atoms with Crippen LogP contribution < -0.4 is 4.90 Å². The lowest BCUT2D eigenvalue weighted by atomic mass is 9.80. The number of amides is 1. The van der Waals surface area contributed by atoms with Crippen LogP contribution in [0.15, 0.2) is 54.9 Å². The largest absolute Gasteiger partial charge is 0.307 e. The van der Waals surface area contributed by atoms with Crippen molar-refractivity contribution in [1.82, 2.24) is 14.7 Å². The van der Waals surface area contributed by atoms with Crippen molar-refractivity contribution in [1.29, 1.82) is 0 Å². The van der Waals surface area contributed by atoms with E-state index in [4.69, 9.17) is 0 Å². The number of carbonyl (C=O) groups is 1. The van der Waals surface area contributed by atoms with Crippen LogP contribution in [0.2, 0.25) is 0 Å². The lowest BCUT2D eigenvalue weighted by Crippen LogP contribution is -2.44. The number of aromatic nitrogens is 2. The lowest BCUT2D eigenvalue weighted by molar-refractivity contribution is -0.123. The fraction of sp³-hybridized carbons (Fsp3) is 0.467. The van der Waals surface area contributed by atoms with Gasteiger partial charge in [-0.1, -0.05) is 56.5 Å². The molecular formula is C30H35FN4O. The molecule has 3 unspecified atom stereocenters. The number of benzene rings is 2. The Hall–Kier alpha value is -2.99. The fourth-order valence-electron chi connectivity index (χ4n) is 6.86. The van der Waals surface area contributed by atoms with Gasteiger partial charge in [0.25, 0.3) is 0 Å². The zero-order chi connectivity index (χ0) is 24.9. The molecule has 36 heavy (non-hydrogen) atoms. The molecule has 3 aromatic rings. The molecule has 5 nitrogen and oxygen atoms in total. The molecule has 1 aromatic heterocycles. The minimum atomic E-state index is -0.512. The third-order valence-electron chi connectivity index (χ3n) is 8.93. The Balaban J connectivity index is 1.26. The number of hydrogen-bond donors (Lipinski definition) is 0. The summed E-state index contributed by atoms with van der Waals surface area (Å²) >= 11 is 0. The fourth-order valence-corrected chi connectivity index (χ4v) is 6.86. The summed E-state index contributed by atoms with van der Waals surface area (Å²) < 4.78 is 17.0. The summed E-state index contributed by atoms with van der Waals surface area (Å²) in [6, 6.07) is 14.0. The zero-order valence-corrected chi connectivity index (χ0v) is 21.3.